The van der Waals surface area contributed by atoms with Crippen LogP contribution in [-0.2, 0) is 0 Å². The normalized spacial score (nSPS) is 11.4. The van der Waals surface area contributed by atoms with E-state index in [4.69, 9.17) is 0 Å². The topological polar surface area (TPSA) is 35.8 Å². The fraction of sp³-hybridized carbons (Fsp3) is 0.182. The molecule has 2 aromatic rings. The maximum atomic E-state index is 9.35. The van der Waals surface area contributed by atoms with Gasteiger partial charge in [-0.15, -0.1) is 11.3 Å². The monoisotopic (exact) mass is 252 g/mol. The number of benzene rings is 1. The molecule has 0 saturated heterocycles. The van der Waals surface area contributed by atoms with Crippen molar-refractivity contribution in [2.75, 3.05) is 14.1 Å². The number of thiophene rings is 1. The van der Waals surface area contributed by atoms with Crippen LogP contribution in [0.3, 0.4) is 0 Å². The number of fused-ring (bicyclic) bond motifs is 1. The molecule has 16 heavy (non-hydrogen) atoms. The molecule has 5 heteroatoms. The molecular weight excluding hydrogens is 240 g/mol. The van der Waals surface area contributed by atoms with Gasteiger partial charge in [0.05, 0.1) is 10.5 Å². The summed E-state index contributed by atoms with van der Waals surface area (Å²) in [6.07, 6.45) is 1.77. The summed E-state index contributed by atoms with van der Waals surface area (Å²) in [6, 6.07) is 7.48. The molecule has 0 spiro atoms. The molecule has 0 saturated carbocycles. The molecule has 1 aromatic heterocycles. The summed E-state index contributed by atoms with van der Waals surface area (Å²) in [5, 5.41) is 10.5. The van der Waals surface area contributed by atoms with Crippen LogP contribution in [0.5, 0.6) is 5.75 Å². The number of aromatic hydroxyl groups is 1. The molecule has 84 valence electrons. The van der Waals surface area contributed by atoms with E-state index in [1.54, 1.807) is 29.8 Å². The highest BCUT2D eigenvalue weighted by Crippen LogP contribution is 2.34. The van der Waals surface area contributed by atoms with Crippen molar-refractivity contribution in [3.8, 4) is 5.75 Å². The van der Waals surface area contributed by atoms with E-state index in [9.17, 15) is 5.11 Å². The fourth-order valence-electron chi connectivity index (χ4n) is 1.21. The molecule has 0 aliphatic carbocycles. The molecule has 0 radical (unpaired) electrons. The van der Waals surface area contributed by atoms with Crippen LogP contribution in [0.4, 0.5) is 0 Å². The maximum absolute atomic E-state index is 9.35. The van der Waals surface area contributed by atoms with Gasteiger partial charge in [-0.3, -0.25) is 0 Å². The molecule has 0 fully saturated rings. The van der Waals surface area contributed by atoms with Gasteiger partial charge < -0.3 is 10.0 Å². The lowest BCUT2D eigenvalue weighted by Gasteiger charge is -2.00. The number of phenols is 1. The van der Waals surface area contributed by atoms with Gasteiger partial charge in [0.2, 0.25) is 0 Å². The Bertz CT molecular complexity index is 520. The number of phenolic OH excluding ortho intramolecular Hbond substituents is 1. The second kappa shape index (κ2) is 4.76. The van der Waals surface area contributed by atoms with Gasteiger partial charge >= 0.3 is 0 Å². The Kier molecular flexibility index (Phi) is 3.36. The number of nitrogens with zero attached hydrogens (tertiary/aromatic N) is 2. The first kappa shape index (κ1) is 11.3. The molecule has 0 atom stereocenters. The van der Waals surface area contributed by atoms with E-state index in [0.717, 1.165) is 14.3 Å². The zero-order chi connectivity index (χ0) is 11.5. The van der Waals surface area contributed by atoms with Crippen LogP contribution in [0.15, 0.2) is 32.9 Å². The van der Waals surface area contributed by atoms with Crippen molar-refractivity contribution in [3.05, 3.63) is 24.3 Å². The Hall–Kier alpha value is -1.20. The van der Waals surface area contributed by atoms with Crippen molar-refractivity contribution in [1.29, 1.82) is 0 Å². The van der Waals surface area contributed by atoms with Crippen LogP contribution < -0.4 is 0 Å². The molecule has 1 N–H and O–H groups in total. The second-order valence-corrected chi connectivity index (χ2v) is 5.74. The second-order valence-electron chi connectivity index (χ2n) is 3.56. The largest absolute Gasteiger partial charge is 0.508 e. The summed E-state index contributed by atoms with van der Waals surface area (Å²) < 4.78 is 6.43. The first-order chi connectivity index (χ1) is 7.65. The van der Waals surface area contributed by atoms with Crippen molar-refractivity contribution in [3.63, 3.8) is 0 Å². The number of hydrogen-bond donors (Lipinski definition) is 1. The third kappa shape index (κ3) is 2.68. The Balaban J connectivity index is 2.20. The molecule has 0 unspecified atom stereocenters. The molecule has 3 nitrogen and oxygen atoms in total. The van der Waals surface area contributed by atoms with Gasteiger partial charge in [-0.25, -0.2) is 4.40 Å². The summed E-state index contributed by atoms with van der Waals surface area (Å²) >= 11 is 3.08. The van der Waals surface area contributed by atoms with E-state index >= 15 is 0 Å². The lowest BCUT2D eigenvalue weighted by molar-refractivity contribution is 0.476. The number of rotatable bonds is 3. The van der Waals surface area contributed by atoms with Crippen LogP contribution in [0.2, 0.25) is 0 Å². The highest BCUT2D eigenvalue weighted by Gasteiger charge is 2.02. The molecule has 0 aliphatic heterocycles. The van der Waals surface area contributed by atoms with Crippen LogP contribution in [0.1, 0.15) is 0 Å². The average Bonchev–Trinajstić information content (AvgIpc) is 2.58. The molecule has 1 aromatic carbocycles. The minimum atomic E-state index is 0.308. The van der Waals surface area contributed by atoms with Crippen molar-refractivity contribution < 1.29 is 5.11 Å². The predicted octanol–water partition coefficient (Wildman–Crippen LogP) is 3.20. The Morgan fingerprint density at radius 2 is 2.19 bits per heavy atom. The van der Waals surface area contributed by atoms with Gasteiger partial charge in [0.1, 0.15) is 5.75 Å². The SMILES string of the molecule is CN(C)/C=N/Sc1cc2ccc(O)cc2s1. The summed E-state index contributed by atoms with van der Waals surface area (Å²) in [4.78, 5) is 1.89. The van der Waals surface area contributed by atoms with E-state index in [1.165, 1.54) is 11.9 Å². The maximum Gasteiger partial charge on any atom is 0.117 e. The minimum absolute atomic E-state index is 0.308. The van der Waals surface area contributed by atoms with Gasteiger partial charge in [-0.05, 0) is 29.7 Å². The van der Waals surface area contributed by atoms with Crippen molar-refractivity contribution in [2.24, 2.45) is 4.40 Å². The standard InChI is InChI=1S/C11H12N2OS2/c1-13(2)7-12-16-11-5-8-3-4-9(14)6-10(8)15-11/h3-7,14H,1-2H3/b12-7+. The smallest absolute Gasteiger partial charge is 0.117 e. The van der Waals surface area contributed by atoms with E-state index < -0.39 is 0 Å². The number of hydrogen-bond acceptors (Lipinski definition) is 4. The third-order valence-electron chi connectivity index (χ3n) is 1.90. The third-order valence-corrected chi connectivity index (χ3v) is 3.77. The van der Waals surface area contributed by atoms with Crippen LogP contribution in [0, 0.1) is 0 Å². The minimum Gasteiger partial charge on any atom is -0.508 e. The van der Waals surface area contributed by atoms with Crippen molar-refractivity contribution in [2.45, 2.75) is 4.21 Å². The quantitative estimate of drug-likeness (QED) is 0.517. The van der Waals surface area contributed by atoms with E-state index in [2.05, 4.69) is 10.5 Å². The van der Waals surface area contributed by atoms with E-state index in [-0.39, 0.29) is 0 Å². The lowest BCUT2D eigenvalue weighted by Crippen LogP contribution is -2.06. The van der Waals surface area contributed by atoms with Gasteiger partial charge in [0.25, 0.3) is 0 Å². The lowest BCUT2D eigenvalue weighted by atomic mass is 10.2. The first-order valence-corrected chi connectivity index (χ1v) is 6.33. The Labute approximate surface area is 103 Å². The summed E-state index contributed by atoms with van der Waals surface area (Å²) in [6.45, 7) is 0. The molecule has 0 bridgehead atoms. The van der Waals surface area contributed by atoms with E-state index in [1.807, 2.05) is 25.1 Å². The van der Waals surface area contributed by atoms with Gasteiger partial charge in [0, 0.05) is 30.7 Å². The zero-order valence-corrected chi connectivity index (χ0v) is 10.7. The fourth-order valence-corrected chi connectivity index (χ4v) is 3.10. The highest BCUT2D eigenvalue weighted by molar-refractivity contribution is 8.00. The summed E-state index contributed by atoms with van der Waals surface area (Å²) in [7, 11) is 3.88. The van der Waals surface area contributed by atoms with Crippen LogP contribution in [0.25, 0.3) is 10.1 Å². The van der Waals surface area contributed by atoms with Gasteiger partial charge in [-0.1, -0.05) is 0 Å². The zero-order valence-electron chi connectivity index (χ0n) is 9.04. The van der Waals surface area contributed by atoms with Gasteiger partial charge in [0.15, 0.2) is 0 Å². The van der Waals surface area contributed by atoms with Crippen molar-refractivity contribution >= 4 is 39.7 Å². The van der Waals surface area contributed by atoms with E-state index in [0.29, 0.717) is 5.75 Å². The van der Waals surface area contributed by atoms with Crippen LogP contribution >= 0.6 is 23.3 Å². The molecule has 2 rings (SSSR count). The summed E-state index contributed by atoms with van der Waals surface area (Å²) in [5.74, 6) is 0.308. The predicted molar refractivity (Wildman–Crippen MR) is 71.5 cm³/mol. The molecular formula is C11H12N2OS2. The highest BCUT2D eigenvalue weighted by atomic mass is 32.2. The average molecular weight is 252 g/mol. The molecule has 1 heterocycles. The summed E-state index contributed by atoms with van der Waals surface area (Å²) in [5.41, 5.74) is 0. The first-order valence-electron chi connectivity index (χ1n) is 4.74. The molecule has 0 amide bonds. The van der Waals surface area contributed by atoms with Gasteiger partial charge in [-0.2, -0.15) is 0 Å². The van der Waals surface area contributed by atoms with Crippen LogP contribution in [-0.4, -0.2) is 30.4 Å². The molecule has 0 aliphatic rings. The Morgan fingerprint density at radius 3 is 2.94 bits per heavy atom. The van der Waals surface area contributed by atoms with Crippen molar-refractivity contribution in [1.82, 2.24) is 4.90 Å². The Morgan fingerprint density at radius 1 is 1.38 bits per heavy atom.